The van der Waals surface area contributed by atoms with Crippen molar-refractivity contribution >= 4 is 5.82 Å². The number of nitrogens with zero attached hydrogens (tertiary/aromatic N) is 5. The second-order valence-electron chi connectivity index (χ2n) is 5.13. The van der Waals surface area contributed by atoms with Gasteiger partial charge < -0.3 is 24.0 Å². The van der Waals surface area contributed by atoms with Crippen LogP contribution in [-0.2, 0) is 6.54 Å². The predicted molar refractivity (Wildman–Crippen MR) is 78.6 cm³/mol. The molecule has 0 N–H and O–H groups in total. The molecule has 0 atom stereocenters. The Morgan fingerprint density at radius 3 is 2.88 bits per heavy atom. The van der Waals surface area contributed by atoms with E-state index in [0.29, 0.717) is 34.5 Å². The molecule has 0 amide bonds. The van der Waals surface area contributed by atoms with Crippen LogP contribution in [0.15, 0.2) is 28.7 Å². The fraction of sp³-hybridized carbons (Fsp3) is 0.214. The zero-order valence-corrected chi connectivity index (χ0v) is 12.5. The number of hydrogen-bond acceptors (Lipinski definition) is 8. The molecule has 122 valence electrons. The van der Waals surface area contributed by atoms with Crippen LogP contribution >= 0.6 is 0 Å². The Labute approximate surface area is 134 Å². The third-order valence-corrected chi connectivity index (χ3v) is 3.53. The lowest BCUT2D eigenvalue weighted by Gasteiger charge is -1.98. The summed E-state index contributed by atoms with van der Waals surface area (Å²) in [6, 6.07) is 6.69. The molecule has 0 bridgehead atoms. The SMILES string of the molecule is Cc1cc([N+](=O)[O-])nn1Cc1nnc(-c2ccc3c(c2)OCO3)o1. The third kappa shape index (κ3) is 2.43. The Morgan fingerprint density at radius 1 is 1.25 bits per heavy atom. The van der Waals surface area contributed by atoms with Gasteiger partial charge in [-0.3, -0.25) is 0 Å². The molecular formula is C14H11N5O5. The highest BCUT2D eigenvalue weighted by Gasteiger charge is 2.19. The summed E-state index contributed by atoms with van der Waals surface area (Å²) in [4.78, 5) is 10.2. The van der Waals surface area contributed by atoms with Gasteiger partial charge in [-0.15, -0.1) is 10.2 Å². The Hall–Kier alpha value is -3.43. The minimum atomic E-state index is -0.546. The smallest absolute Gasteiger partial charge is 0.390 e. The number of aromatic nitrogens is 4. The van der Waals surface area contributed by atoms with Gasteiger partial charge in [0.05, 0.1) is 16.9 Å². The summed E-state index contributed by atoms with van der Waals surface area (Å²) in [5.41, 5.74) is 1.32. The van der Waals surface area contributed by atoms with Gasteiger partial charge in [0.2, 0.25) is 18.6 Å². The summed E-state index contributed by atoms with van der Waals surface area (Å²) in [5.74, 6) is 1.68. The minimum absolute atomic E-state index is 0.150. The van der Waals surface area contributed by atoms with Crippen LogP contribution in [0.25, 0.3) is 11.5 Å². The molecule has 0 radical (unpaired) electrons. The van der Waals surface area contributed by atoms with E-state index in [-0.39, 0.29) is 19.2 Å². The van der Waals surface area contributed by atoms with E-state index in [1.807, 2.05) is 0 Å². The first-order chi connectivity index (χ1) is 11.6. The van der Waals surface area contributed by atoms with E-state index in [1.165, 1.54) is 10.7 Å². The second kappa shape index (κ2) is 5.33. The van der Waals surface area contributed by atoms with Crippen molar-refractivity contribution in [1.29, 1.82) is 0 Å². The third-order valence-electron chi connectivity index (χ3n) is 3.53. The fourth-order valence-corrected chi connectivity index (χ4v) is 2.33. The standard InChI is InChI=1S/C14H11N5O5/c1-8-4-12(19(20)21)17-18(8)6-13-15-16-14(24-13)9-2-3-10-11(5-9)23-7-22-10/h2-5H,6-7H2,1H3. The van der Waals surface area contributed by atoms with E-state index in [4.69, 9.17) is 13.9 Å². The Kier molecular flexibility index (Phi) is 3.15. The Balaban J connectivity index is 1.58. The maximum atomic E-state index is 10.8. The van der Waals surface area contributed by atoms with Gasteiger partial charge in [0.15, 0.2) is 11.5 Å². The lowest BCUT2D eigenvalue weighted by Crippen LogP contribution is -2.04. The number of ether oxygens (including phenoxy) is 2. The molecule has 3 aromatic rings. The molecule has 0 unspecified atom stereocenters. The zero-order chi connectivity index (χ0) is 16.7. The maximum Gasteiger partial charge on any atom is 0.390 e. The van der Waals surface area contributed by atoms with Crippen molar-refractivity contribution in [1.82, 2.24) is 20.0 Å². The van der Waals surface area contributed by atoms with Crippen LogP contribution in [0.3, 0.4) is 0 Å². The molecule has 10 nitrogen and oxygen atoms in total. The lowest BCUT2D eigenvalue weighted by molar-refractivity contribution is -0.389. The highest BCUT2D eigenvalue weighted by molar-refractivity contribution is 5.60. The van der Waals surface area contributed by atoms with Gasteiger partial charge in [-0.2, -0.15) is 4.68 Å². The van der Waals surface area contributed by atoms with Gasteiger partial charge in [0.1, 0.15) is 6.54 Å². The van der Waals surface area contributed by atoms with Crippen LogP contribution in [-0.4, -0.2) is 31.7 Å². The van der Waals surface area contributed by atoms with E-state index in [0.717, 1.165) is 0 Å². The highest BCUT2D eigenvalue weighted by Crippen LogP contribution is 2.35. The molecule has 0 fully saturated rings. The van der Waals surface area contributed by atoms with E-state index >= 15 is 0 Å². The molecule has 1 aromatic carbocycles. The topological polar surface area (TPSA) is 118 Å². The molecule has 4 rings (SSSR count). The first kappa shape index (κ1) is 14.2. The van der Waals surface area contributed by atoms with Crippen molar-refractivity contribution in [2.45, 2.75) is 13.5 Å². The number of benzene rings is 1. The first-order valence-electron chi connectivity index (χ1n) is 7.01. The van der Waals surface area contributed by atoms with Crippen molar-refractivity contribution in [2.24, 2.45) is 0 Å². The highest BCUT2D eigenvalue weighted by atomic mass is 16.7. The van der Waals surface area contributed by atoms with Crippen molar-refractivity contribution < 1.29 is 18.8 Å². The van der Waals surface area contributed by atoms with Gasteiger partial charge >= 0.3 is 5.82 Å². The molecular weight excluding hydrogens is 318 g/mol. The van der Waals surface area contributed by atoms with Crippen molar-refractivity contribution in [3.05, 3.63) is 46.0 Å². The van der Waals surface area contributed by atoms with Crippen LogP contribution in [0.5, 0.6) is 11.5 Å². The summed E-state index contributed by atoms with van der Waals surface area (Å²) >= 11 is 0. The summed E-state index contributed by atoms with van der Waals surface area (Å²) in [6.45, 7) is 2.05. The zero-order valence-electron chi connectivity index (χ0n) is 12.5. The van der Waals surface area contributed by atoms with E-state index in [9.17, 15) is 10.1 Å². The number of hydrogen-bond donors (Lipinski definition) is 0. The predicted octanol–water partition coefficient (Wildman–Crippen LogP) is 1.93. The Bertz CT molecular complexity index is 932. The van der Waals surface area contributed by atoms with Crippen molar-refractivity contribution in [2.75, 3.05) is 6.79 Å². The van der Waals surface area contributed by atoms with Crippen LogP contribution in [0.1, 0.15) is 11.6 Å². The molecule has 24 heavy (non-hydrogen) atoms. The van der Waals surface area contributed by atoms with E-state index in [2.05, 4.69) is 15.3 Å². The van der Waals surface area contributed by atoms with Crippen LogP contribution in [0.2, 0.25) is 0 Å². The number of fused-ring (bicyclic) bond motifs is 1. The number of nitro groups is 1. The van der Waals surface area contributed by atoms with Gasteiger partial charge in [-0.1, -0.05) is 0 Å². The summed E-state index contributed by atoms with van der Waals surface area (Å²) in [5, 5.41) is 22.6. The van der Waals surface area contributed by atoms with Crippen molar-refractivity contribution in [3.63, 3.8) is 0 Å². The summed E-state index contributed by atoms with van der Waals surface area (Å²) in [6.07, 6.45) is 0. The fourth-order valence-electron chi connectivity index (χ4n) is 2.33. The summed E-state index contributed by atoms with van der Waals surface area (Å²) < 4.78 is 17.6. The molecule has 1 aliphatic heterocycles. The van der Waals surface area contributed by atoms with Crippen molar-refractivity contribution in [3.8, 4) is 23.0 Å². The molecule has 1 aliphatic rings. The first-order valence-corrected chi connectivity index (χ1v) is 7.01. The van der Waals surface area contributed by atoms with Gasteiger partial charge in [-0.05, 0) is 30.0 Å². The normalized spacial score (nSPS) is 12.5. The second-order valence-corrected chi connectivity index (χ2v) is 5.13. The van der Waals surface area contributed by atoms with Crippen LogP contribution in [0, 0.1) is 17.0 Å². The average Bonchev–Trinajstić information content (AvgIpc) is 3.27. The number of aryl methyl sites for hydroxylation is 1. The monoisotopic (exact) mass is 329 g/mol. The molecule has 0 saturated carbocycles. The van der Waals surface area contributed by atoms with Crippen LogP contribution in [0.4, 0.5) is 5.82 Å². The quantitative estimate of drug-likeness (QED) is 0.526. The van der Waals surface area contributed by atoms with Gasteiger partial charge in [-0.25, -0.2) is 0 Å². The lowest BCUT2D eigenvalue weighted by atomic mass is 10.2. The molecule has 10 heteroatoms. The number of rotatable bonds is 4. The van der Waals surface area contributed by atoms with Gasteiger partial charge in [0, 0.05) is 5.56 Å². The Morgan fingerprint density at radius 2 is 2.08 bits per heavy atom. The minimum Gasteiger partial charge on any atom is -0.454 e. The molecule has 0 aliphatic carbocycles. The largest absolute Gasteiger partial charge is 0.454 e. The van der Waals surface area contributed by atoms with E-state index < -0.39 is 4.92 Å². The summed E-state index contributed by atoms with van der Waals surface area (Å²) in [7, 11) is 0. The maximum absolute atomic E-state index is 10.8. The molecule has 0 saturated heterocycles. The van der Waals surface area contributed by atoms with E-state index in [1.54, 1.807) is 25.1 Å². The molecule has 3 heterocycles. The average molecular weight is 329 g/mol. The van der Waals surface area contributed by atoms with Gasteiger partial charge in [0.25, 0.3) is 0 Å². The molecule has 2 aromatic heterocycles. The molecule has 0 spiro atoms. The van der Waals surface area contributed by atoms with Crippen LogP contribution < -0.4 is 9.47 Å².